The monoisotopic (exact) mass is 215 g/mol. The molecule has 1 fully saturated rings. The van der Waals surface area contributed by atoms with E-state index < -0.39 is 0 Å². The minimum Gasteiger partial charge on any atom is -0.392 e. The van der Waals surface area contributed by atoms with Crippen LogP contribution >= 0.6 is 0 Å². The van der Waals surface area contributed by atoms with E-state index in [0.717, 1.165) is 19.7 Å². The Morgan fingerprint density at radius 2 is 2.13 bits per heavy atom. The van der Waals surface area contributed by atoms with E-state index in [1.165, 1.54) is 19.3 Å². The molecule has 1 aliphatic heterocycles. The van der Waals surface area contributed by atoms with Crippen molar-refractivity contribution in [3.63, 3.8) is 0 Å². The molecule has 0 aliphatic carbocycles. The first kappa shape index (κ1) is 12.9. The van der Waals surface area contributed by atoms with E-state index in [4.69, 9.17) is 4.74 Å². The number of likely N-dealkylation sites (N-methyl/N-ethyl adjacent to an activating group) is 1. The average Bonchev–Trinajstić information content (AvgIpc) is 2.18. The molecule has 3 nitrogen and oxygen atoms in total. The summed E-state index contributed by atoms with van der Waals surface area (Å²) < 4.78 is 5.67. The number of aliphatic hydroxyl groups excluding tert-OH is 1. The van der Waals surface area contributed by atoms with Crippen LogP contribution in [-0.2, 0) is 4.74 Å². The van der Waals surface area contributed by atoms with Gasteiger partial charge in [-0.25, -0.2) is 0 Å². The van der Waals surface area contributed by atoms with Crippen LogP contribution in [0.2, 0.25) is 0 Å². The van der Waals surface area contributed by atoms with Gasteiger partial charge in [-0.3, -0.25) is 0 Å². The van der Waals surface area contributed by atoms with Gasteiger partial charge in [0.15, 0.2) is 0 Å². The average molecular weight is 215 g/mol. The molecule has 0 aromatic heterocycles. The lowest BCUT2D eigenvalue weighted by molar-refractivity contribution is -0.0109. The van der Waals surface area contributed by atoms with Crippen LogP contribution in [0.4, 0.5) is 0 Å². The molecule has 2 atom stereocenters. The van der Waals surface area contributed by atoms with Gasteiger partial charge in [0.2, 0.25) is 0 Å². The van der Waals surface area contributed by atoms with Crippen molar-refractivity contribution in [1.82, 2.24) is 4.90 Å². The molecule has 1 aliphatic rings. The van der Waals surface area contributed by atoms with Crippen molar-refractivity contribution in [3.05, 3.63) is 0 Å². The highest BCUT2D eigenvalue weighted by Crippen LogP contribution is 2.14. The fraction of sp³-hybridized carbons (Fsp3) is 1.00. The summed E-state index contributed by atoms with van der Waals surface area (Å²) in [6.45, 7) is 6.71. The first-order chi connectivity index (χ1) is 7.09. The lowest BCUT2D eigenvalue weighted by Gasteiger charge is -2.29. The van der Waals surface area contributed by atoms with Gasteiger partial charge in [0.25, 0.3) is 0 Å². The zero-order valence-corrected chi connectivity index (χ0v) is 10.3. The number of hydrogen-bond donors (Lipinski definition) is 1. The molecule has 0 saturated carbocycles. The summed E-state index contributed by atoms with van der Waals surface area (Å²) >= 11 is 0. The molecule has 1 N–H and O–H groups in total. The maximum Gasteiger partial charge on any atom is 0.0701 e. The van der Waals surface area contributed by atoms with Crippen molar-refractivity contribution in [3.8, 4) is 0 Å². The van der Waals surface area contributed by atoms with Crippen LogP contribution in [0, 0.1) is 5.92 Å². The normalized spacial score (nSPS) is 24.8. The second-order valence-corrected chi connectivity index (χ2v) is 5.02. The van der Waals surface area contributed by atoms with E-state index in [1.54, 1.807) is 0 Å². The van der Waals surface area contributed by atoms with Gasteiger partial charge < -0.3 is 14.7 Å². The second kappa shape index (κ2) is 6.46. The van der Waals surface area contributed by atoms with E-state index in [2.05, 4.69) is 25.8 Å². The second-order valence-electron chi connectivity index (χ2n) is 5.02. The van der Waals surface area contributed by atoms with Gasteiger partial charge in [-0.2, -0.15) is 0 Å². The molecule has 1 heterocycles. The quantitative estimate of drug-likeness (QED) is 0.754. The van der Waals surface area contributed by atoms with Gasteiger partial charge in [0, 0.05) is 19.7 Å². The number of ether oxygens (including phenoxy) is 1. The van der Waals surface area contributed by atoms with Crippen LogP contribution < -0.4 is 0 Å². The van der Waals surface area contributed by atoms with E-state index in [9.17, 15) is 5.11 Å². The molecular formula is C12H25NO2. The summed E-state index contributed by atoms with van der Waals surface area (Å²) in [7, 11) is 2.06. The first-order valence-corrected chi connectivity index (χ1v) is 6.08. The number of rotatable bonds is 5. The van der Waals surface area contributed by atoms with E-state index in [1.807, 2.05) is 0 Å². The van der Waals surface area contributed by atoms with Gasteiger partial charge in [0.1, 0.15) is 0 Å². The van der Waals surface area contributed by atoms with Gasteiger partial charge in [-0.05, 0) is 32.2 Å². The number of aliphatic hydroxyl groups is 1. The van der Waals surface area contributed by atoms with Crippen molar-refractivity contribution in [2.75, 3.05) is 26.7 Å². The lowest BCUT2D eigenvalue weighted by atomic mass is 10.1. The van der Waals surface area contributed by atoms with E-state index in [-0.39, 0.29) is 6.10 Å². The maximum absolute atomic E-state index is 9.74. The van der Waals surface area contributed by atoms with Crippen molar-refractivity contribution < 1.29 is 9.84 Å². The largest absolute Gasteiger partial charge is 0.392 e. The van der Waals surface area contributed by atoms with Gasteiger partial charge in [0.05, 0.1) is 12.2 Å². The first-order valence-electron chi connectivity index (χ1n) is 6.08. The van der Waals surface area contributed by atoms with Crippen LogP contribution in [0.5, 0.6) is 0 Å². The summed E-state index contributed by atoms with van der Waals surface area (Å²) in [4.78, 5) is 2.18. The predicted octanol–water partition coefficient (Wildman–Crippen LogP) is 1.50. The minimum atomic E-state index is -0.224. The fourth-order valence-electron chi connectivity index (χ4n) is 1.90. The maximum atomic E-state index is 9.74. The highest BCUT2D eigenvalue weighted by molar-refractivity contribution is 4.70. The molecule has 3 heteroatoms. The van der Waals surface area contributed by atoms with Crippen LogP contribution in [0.15, 0.2) is 0 Å². The molecule has 1 saturated heterocycles. The molecule has 0 bridgehead atoms. The van der Waals surface area contributed by atoms with Crippen molar-refractivity contribution in [1.29, 1.82) is 0 Å². The molecule has 90 valence electrons. The fourth-order valence-corrected chi connectivity index (χ4v) is 1.90. The molecule has 15 heavy (non-hydrogen) atoms. The molecule has 0 aromatic rings. The van der Waals surface area contributed by atoms with Crippen LogP contribution in [0.25, 0.3) is 0 Å². The Hall–Kier alpha value is -0.120. The highest BCUT2D eigenvalue weighted by Gasteiger charge is 2.18. The smallest absolute Gasteiger partial charge is 0.0701 e. The Morgan fingerprint density at radius 3 is 2.67 bits per heavy atom. The molecule has 2 unspecified atom stereocenters. The van der Waals surface area contributed by atoms with E-state index >= 15 is 0 Å². The lowest BCUT2D eigenvalue weighted by Crippen LogP contribution is -2.39. The SMILES string of the molecule is CC(C)C(O)CN(C)CC1CCCCO1. The number of nitrogens with zero attached hydrogens (tertiary/aromatic N) is 1. The molecule has 0 radical (unpaired) electrons. The Labute approximate surface area is 93.4 Å². The Morgan fingerprint density at radius 1 is 1.40 bits per heavy atom. The third-order valence-corrected chi connectivity index (χ3v) is 3.06. The summed E-state index contributed by atoms with van der Waals surface area (Å²) in [5.74, 6) is 0.333. The topological polar surface area (TPSA) is 32.7 Å². The molecule has 0 amide bonds. The third-order valence-electron chi connectivity index (χ3n) is 3.06. The van der Waals surface area contributed by atoms with Crippen molar-refractivity contribution >= 4 is 0 Å². The van der Waals surface area contributed by atoms with Crippen LogP contribution in [-0.4, -0.2) is 49.0 Å². The molecular weight excluding hydrogens is 190 g/mol. The third kappa shape index (κ3) is 4.96. The standard InChI is InChI=1S/C12H25NO2/c1-10(2)12(14)9-13(3)8-11-6-4-5-7-15-11/h10-12,14H,4-9H2,1-3H3. The van der Waals surface area contributed by atoms with Gasteiger partial charge in [-0.15, -0.1) is 0 Å². The summed E-state index contributed by atoms with van der Waals surface area (Å²) in [6.07, 6.45) is 3.81. The van der Waals surface area contributed by atoms with Gasteiger partial charge in [-0.1, -0.05) is 13.8 Å². The van der Waals surface area contributed by atoms with Crippen LogP contribution in [0.3, 0.4) is 0 Å². The Balaban J connectivity index is 2.19. The minimum absolute atomic E-state index is 0.224. The highest BCUT2D eigenvalue weighted by atomic mass is 16.5. The Kier molecular flexibility index (Phi) is 5.58. The summed E-state index contributed by atoms with van der Waals surface area (Å²) in [5, 5.41) is 9.74. The van der Waals surface area contributed by atoms with Crippen LogP contribution in [0.1, 0.15) is 33.1 Å². The zero-order valence-electron chi connectivity index (χ0n) is 10.3. The number of hydrogen-bond acceptors (Lipinski definition) is 3. The zero-order chi connectivity index (χ0) is 11.3. The molecule has 1 rings (SSSR count). The summed E-state index contributed by atoms with van der Waals surface area (Å²) in [6, 6.07) is 0. The van der Waals surface area contributed by atoms with Crippen molar-refractivity contribution in [2.45, 2.75) is 45.3 Å². The molecule has 0 aromatic carbocycles. The van der Waals surface area contributed by atoms with Gasteiger partial charge >= 0.3 is 0 Å². The van der Waals surface area contributed by atoms with Crippen molar-refractivity contribution in [2.24, 2.45) is 5.92 Å². The van der Waals surface area contributed by atoms with E-state index in [0.29, 0.717) is 12.0 Å². The predicted molar refractivity (Wildman–Crippen MR) is 61.9 cm³/mol. The summed E-state index contributed by atoms with van der Waals surface area (Å²) in [5.41, 5.74) is 0. The Bertz CT molecular complexity index is 167. The molecule has 0 spiro atoms.